The molecule has 1 rings (SSSR count). The van der Waals surface area contributed by atoms with E-state index < -0.39 is 0 Å². The summed E-state index contributed by atoms with van der Waals surface area (Å²) < 4.78 is 5.40. The van der Waals surface area contributed by atoms with Crippen LogP contribution in [0.2, 0.25) is 0 Å². The number of nitrogens with one attached hydrogen (secondary N) is 1. The molecule has 0 unspecified atom stereocenters. The van der Waals surface area contributed by atoms with Gasteiger partial charge in [0.2, 0.25) is 0 Å². The standard InChI is InChI=1S/C12H18N4O/c1-2-3-5-17-6-4-15-12-11(14)7-10(8-13)9-16-12/h7,9H,2-6,14H2,1H3,(H,15,16). The van der Waals surface area contributed by atoms with E-state index in [1.165, 1.54) is 6.20 Å². The largest absolute Gasteiger partial charge is 0.396 e. The van der Waals surface area contributed by atoms with Crippen molar-refractivity contribution in [1.29, 1.82) is 5.26 Å². The molecule has 0 spiro atoms. The van der Waals surface area contributed by atoms with Crippen LogP contribution in [-0.4, -0.2) is 24.7 Å². The first kappa shape index (κ1) is 13.3. The molecule has 0 aliphatic heterocycles. The van der Waals surface area contributed by atoms with Crippen LogP contribution in [0.25, 0.3) is 0 Å². The number of unbranched alkanes of at least 4 members (excludes halogenated alkanes) is 1. The van der Waals surface area contributed by atoms with Gasteiger partial charge in [-0.15, -0.1) is 0 Å². The molecule has 92 valence electrons. The molecular formula is C12H18N4O. The van der Waals surface area contributed by atoms with E-state index in [1.807, 2.05) is 6.07 Å². The van der Waals surface area contributed by atoms with Crippen molar-refractivity contribution >= 4 is 11.5 Å². The molecule has 5 nitrogen and oxygen atoms in total. The van der Waals surface area contributed by atoms with Crippen LogP contribution >= 0.6 is 0 Å². The van der Waals surface area contributed by atoms with Crippen molar-refractivity contribution < 1.29 is 4.74 Å². The van der Waals surface area contributed by atoms with Crippen LogP contribution < -0.4 is 11.1 Å². The van der Waals surface area contributed by atoms with Crippen LogP contribution in [-0.2, 0) is 4.74 Å². The molecule has 1 aromatic heterocycles. The number of rotatable bonds is 7. The van der Waals surface area contributed by atoms with Gasteiger partial charge < -0.3 is 15.8 Å². The van der Waals surface area contributed by atoms with E-state index in [0.717, 1.165) is 19.4 Å². The molecule has 0 amide bonds. The lowest BCUT2D eigenvalue weighted by Gasteiger charge is -2.08. The van der Waals surface area contributed by atoms with E-state index in [1.54, 1.807) is 6.07 Å². The van der Waals surface area contributed by atoms with Crippen molar-refractivity contribution in [3.8, 4) is 6.07 Å². The van der Waals surface area contributed by atoms with Crippen LogP contribution in [0.5, 0.6) is 0 Å². The Hall–Kier alpha value is -1.80. The van der Waals surface area contributed by atoms with Crippen LogP contribution in [0.3, 0.4) is 0 Å². The lowest BCUT2D eigenvalue weighted by molar-refractivity contribution is 0.141. The molecule has 3 N–H and O–H groups in total. The lowest BCUT2D eigenvalue weighted by Crippen LogP contribution is -2.12. The summed E-state index contributed by atoms with van der Waals surface area (Å²) in [5.41, 5.74) is 6.69. The molecule has 0 atom stereocenters. The van der Waals surface area contributed by atoms with Crippen molar-refractivity contribution in [2.45, 2.75) is 19.8 Å². The second kappa shape index (κ2) is 7.47. The van der Waals surface area contributed by atoms with E-state index in [0.29, 0.717) is 30.2 Å². The Morgan fingerprint density at radius 3 is 3.00 bits per heavy atom. The van der Waals surface area contributed by atoms with Gasteiger partial charge in [-0.2, -0.15) is 5.26 Å². The van der Waals surface area contributed by atoms with E-state index in [4.69, 9.17) is 15.7 Å². The van der Waals surface area contributed by atoms with Crippen LogP contribution in [0.1, 0.15) is 25.3 Å². The third-order valence-electron chi connectivity index (χ3n) is 2.23. The highest BCUT2D eigenvalue weighted by molar-refractivity contribution is 5.62. The second-order valence-electron chi connectivity index (χ2n) is 3.67. The van der Waals surface area contributed by atoms with Crippen molar-refractivity contribution in [2.24, 2.45) is 0 Å². The van der Waals surface area contributed by atoms with Crippen molar-refractivity contribution in [3.05, 3.63) is 17.8 Å². The number of anilines is 2. The molecular weight excluding hydrogens is 216 g/mol. The minimum Gasteiger partial charge on any atom is -0.396 e. The molecule has 0 aromatic carbocycles. The number of nitrogen functional groups attached to an aromatic ring is 1. The van der Waals surface area contributed by atoms with Gasteiger partial charge in [0.05, 0.1) is 17.9 Å². The Morgan fingerprint density at radius 1 is 1.53 bits per heavy atom. The molecule has 1 aromatic rings. The maximum absolute atomic E-state index is 8.66. The summed E-state index contributed by atoms with van der Waals surface area (Å²) in [4.78, 5) is 4.07. The maximum atomic E-state index is 8.66. The molecule has 0 saturated heterocycles. The van der Waals surface area contributed by atoms with E-state index in [9.17, 15) is 0 Å². The number of pyridine rings is 1. The lowest BCUT2D eigenvalue weighted by atomic mass is 10.3. The molecule has 0 radical (unpaired) electrons. The van der Waals surface area contributed by atoms with Gasteiger partial charge in [-0.25, -0.2) is 4.98 Å². The number of ether oxygens (including phenoxy) is 1. The van der Waals surface area contributed by atoms with Gasteiger partial charge in [0.25, 0.3) is 0 Å². The van der Waals surface area contributed by atoms with Gasteiger partial charge in [0.1, 0.15) is 11.9 Å². The average Bonchev–Trinajstić information content (AvgIpc) is 2.35. The zero-order chi connectivity index (χ0) is 12.5. The van der Waals surface area contributed by atoms with Gasteiger partial charge >= 0.3 is 0 Å². The van der Waals surface area contributed by atoms with Crippen LogP contribution in [0, 0.1) is 11.3 Å². The number of hydrogen-bond donors (Lipinski definition) is 2. The Bertz CT molecular complexity index is 387. The molecule has 0 saturated carbocycles. The third-order valence-corrected chi connectivity index (χ3v) is 2.23. The molecule has 0 aliphatic carbocycles. The van der Waals surface area contributed by atoms with Crippen molar-refractivity contribution in [2.75, 3.05) is 30.8 Å². The molecule has 0 fully saturated rings. The highest BCUT2D eigenvalue weighted by Gasteiger charge is 2.01. The first-order valence-electron chi connectivity index (χ1n) is 5.75. The average molecular weight is 234 g/mol. The van der Waals surface area contributed by atoms with Gasteiger partial charge in [0, 0.05) is 19.3 Å². The minimum absolute atomic E-state index is 0.465. The topological polar surface area (TPSA) is 84.0 Å². The quantitative estimate of drug-likeness (QED) is 0.702. The summed E-state index contributed by atoms with van der Waals surface area (Å²) in [6.45, 7) is 4.20. The Morgan fingerprint density at radius 2 is 2.35 bits per heavy atom. The molecule has 1 heterocycles. The van der Waals surface area contributed by atoms with Crippen LogP contribution in [0.4, 0.5) is 11.5 Å². The summed E-state index contributed by atoms with van der Waals surface area (Å²) in [7, 11) is 0. The monoisotopic (exact) mass is 234 g/mol. The van der Waals surface area contributed by atoms with Gasteiger partial charge in [-0.1, -0.05) is 13.3 Å². The predicted molar refractivity (Wildman–Crippen MR) is 67.6 cm³/mol. The number of hydrogen-bond acceptors (Lipinski definition) is 5. The first-order valence-corrected chi connectivity index (χ1v) is 5.75. The van der Waals surface area contributed by atoms with Crippen LogP contribution in [0.15, 0.2) is 12.3 Å². The van der Waals surface area contributed by atoms with Crippen molar-refractivity contribution in [1.82, 2.24) is 4.98 Å². The summed E-state index contributed by atoms with van der Waals surface area (Å²) in [6.07, 6.45) is 3.71. The zero-order valence-corrected chi connectivity index (χ0v) is 10.1. The molecule has 0 aliphatic rings. The number of aromatic nitrogens is 1. The normalized spacial score (nSPS) is 9.88. The van der Waals surface area contributed by atoms with E-state index in [-0.39, 0.29) is 0 Å². The number of nitrogens with two attached hydrogens (primary N) is 1. The summed E-state index contributed by atoms with van der Waals surface area (Å²) in [5, 5.41) is 11.7. The Kier molecular flexibility index (Phi) is 5.83. The van der Waals surface area contributed by atoms with Gasteiger partial charge in [-0.3, -0.25) is 0 Å². The smallest absolute Gasteiger partial charge is 0.149 e. The molecule has 0 bridgehead atoms. The zero-order valence-electron chi connectivity index (χ0n) is 10.1. The van der Waals surface area contributed by atoms with E-state index >= 15 is 0 Å². The molecule has 5 heteroatoms. The minimum atomic E-state index is 0.465. The first-order chi connectivity index (χ1) is 8.27. The summed E-state index contributed by atoms with van der Waals surface area (Å²) in [6, 6.07) is 3.59. The number of nitriles is 1. The fourth-order valence-corrected chi connectivity index (χ4v) is 1.28. The maximum Gasteiger partial charge on any atom is 0.149 e. The highest BCUT2D eigenvalue weighted by atomic mass is 16.5. The predicted octanol–water partition coefficient (Wildman–Crippen LogP) is 1.76. The SMILES string of the molecule is CCCCOCCNc1ncc(C#N)cc1N. The van der Waals surface area contributed by atoms with Gasteiger partial charge in [-0.05, 0) is 12.5 Å². The van der Waals surface area contributed by atoms with E-state index in [2.05, 4.69) is 17.2 Å². The Balaban J connectivity index is 2.30. The van der Waals surface area contributed by atoms with Crippen molar-refractivity contribution in [3.63, 3.8) is 0 Å². The fourth-order valence-electron chi connectivity index (χ4n) is 1.28. The third kappa shape index (κ3) is 4.70. The fraction of sp³-hybridized carbons (Fsp3) is 0.500. The Labute approximate surface area is 102 Å². The second-order valence-corrected chi connectivity index (χ2v) is 3.67. The number of nitrogens with zero attached hydrogens (tertiary/aromatic N) is 2. The highest BCUT2D eigenvalue weighted by Crippen LogP contribution is 2.15. The summed E-state index contributed by atoms with van der Waals surface area (Å²) in [5.74, 6) is 0.600. The molecule has 17 heavy (non-hydrogen) atoms. The summed E-state index contributed by atoms with van der Waals surface area (Å²) >= 11 is 0. The van der Waals surface area contributed by atoms with Gasteiger partial charge in [0.15, 0.2) is 0 Å².